The van der Waals surface area contributed by atoms with Crippen molar-refractivity contribution in [3.63, 3.8) is 0 Å². The summed E-state index contributed by atoms with van der Waals surface area (Å²) in [6.07, 6.45) is 1.72. The summed E-state index contributed by atoms with van der Waals surface area (Å²) in [7, 11) is 0. The number of aryl methyl sites for hydroxylation is 1. The Morgan fingerprint density at radius 2 is 2.06 bits per heavy atom. The van der Waals surface area contributed by atoms with Crippen molar-refractivity contribution in [3.8, 4) is 6.07 Å². The molecule has 0 saturated heterocycles. The maximum Gasteiger partial charge on any atom is 0.149 e. The van der Waals surface area contributed by atoms with E-state index in [0.29, 0.717) is 12.1 Å². The molecule has 0 aliphatic heterocycles. The van der Waals surface area contributed by atoms with E-state index in [1.165, 1.54) is 0 Å². The first kappa shape index (κ1) is 11.1. The van der Waals surface area contributed by atoms with Crippen molar-refractivity contribution in [2.24, 2.45) is 0 Å². The molecule has 4 nitrogen and oxygen atoms in total. The number of anilines is 1. The summed E-state index contributed by atoms with van der Waals surface area (Å²) in [4.78, 5) is 0. The molecule has 0 atom stereocenters. The fraction of sp³-hybridized carbons (Fsp3) is 0.154. The van der Waals surface area contributed by atoms with Crippen LogP contribution in [0.15, 0.2) is 36.5 Å². The Labute approximate surface area is 99.9 Å². The van der Waals surface area contributed by atoms with Crippen molar-refractivity contribution < 1.29 is 0 Å². The van der Waals surface area contributed by atoms with Gasteiger partial charge in [-0.2, -0.15) is 10.4 Å². The number of rotatable bonds is 3. The summed E-state index contributed by atoms with van der Waals surface area (Å²) in [5.41, 5.74) is 2.85. The Kier molecular flexibility index (Phi) is 3.31. The zero-order valence-electron chi connectivity index (χ0n) is 9.51. The van der Waals surface area contributed by atoms with Gasteiger partial charge < -0.3 is 5.32 Å². The van der Waals surface area contributed by atoms with Crippen LogP contribution in [0.25, 0.3) is 0 Å². The molecule has 0 amide bonds. The van der Waals surface area contributed by atoms with Crippen LogP contribution in [0.1, 0.15) is 16.7 Å². The zero-order chi connectivity index (χ0) is 12.1. The molecular formula is C13H12N4. The lowest BCUT2D eigenvalue weighted by Crippen LogP contribution is -2.02. The second-order valence-corrected chi connectivity index (χ2v) is 3.78. The van der Waals surface area contributed by atoms with Crippen molar-refractivity contribution in [2.45, 2.75) is 13.5 Å². The van der Waals surface area contributed by atoms with E-state index in [-0.39, 0.29) is 0 Å². The van der Waals surface area contributed by atoms with Crippen LogP contribution in [-0.2, 0) is 6.54 Å². The number of aromatic nitrogens is 2. The third-order valence-electron chi connectivity index (χ3n) is 2.35. The molecule has 2 rings (SSSR count). The molecular weight excluding hydrogens is 212 g/mol. The maximum atomic E-state index is 8.68. The Bertz CT molecular complexity index is 540. The average molecular weight is 224 g/mol. The molecule has 0 unspecified atom stereocenters. The van der Waals surface area contributed by atoms with Gasteiger partial charge in [0.2, 0.25) is 0 Å². The zero-order valence-corrected chi connectivity index (χ0v) is 9.51. The molecule has 0 bridgehead atoms. The molecule has 0 aliphatic carbocycles. The van der Waals surface area contributed by atoms with Crippen molar-refractivity contribution in [2.75, 3.05) is 5.32 Å². The van der Waals surface area contributed by atoms with E-state index >= 15 is 0 Å². The summed E-state index contributed by atoms with van der Waals surface area (Å²) in [5.74, 6) is 0.759. The van der Waals surface area contributed by atoms with E-state index in [0.717, 1.165) is 16.9 Å². The second kappa shape index (κ2) is 5.08. The minimum atomic E-state index is 0.670. The Morgan fingerprint density at radius 3 is 2.71 bits per heavy atom. The van der Waals surface area contributed by atoms with Gasteiger partial charge in [-0.3, -0.25) is 0 Å². The van der Waals surface area contributed by atoms with E-state index in [4.69, 9.17) is 5.26 Å². The highest BCUT2D eigenvalue weighted by molar-refractivity contribution is 5.37. The van der Waals surface area contributed by atoms with Crippen molar-refractivity contribution >= 4 is 5.82 Å². The minimum Gasteiger partial charge on any atom is -0.364 e. The normalized spacial score (nSPS) is 9.65. The van der Waals surface area contributed by atoms with Gasteiger partial charge in [-0.25, -0.2) is 0 Å². The number of hydrogen-bond acceptors (Lipinski definition) is 4. The van der Waals surface area contributed by atoms with Crippen LogP contribution in [0, 0.1) is 18.3 Å². The molecule has 1 heterocycles. The summed E-state index contributed by atoms with van der Waals surface area (Å²) < 4.78 is 0. The molecule has 1 aromatic carbocycles. The highest BCUT2D eigenvalue weighted by Crippen LogP contribution is 2.08. The molecule has 4 heteroatoms. The summed E-state index contributed by atoms with van der Waals surface area (Å²) in [6.45, 7) is 2.64. The van der Waals surface area contributed by atoms with Gasteiger partial charge >= 0.3 is 0 Å². The smallest absolute Gasteiger partial charge is 0.149 e. The standard InChI is InChI=1S/C13H12N4/c1-10-6-13(17-16-8-10)15-9-12-4-2-11(7-14)3-5-12/h2-6,8H,9H2,1H3,(H,15,17). The van der Waals surface area contributed by atoms with Gasteiger partial charge in [0, 0.05) is 6.54 Å². The van der Waals surface area contributed by atoms with E-state index in [2.05, 4.69) is 21.6 Å². The van der Waals surface area contributed by atoms with Gasteiger partial charge in [0.05, 0.1) is 17.8 Å². The van der Waals surface area contributed by atoms with Crippen LogP contribution in [0.3, 0.4) is 0 Å². The number of nitriles is 1. The molecule has 1 N–H and O–H groups in total. The maximum absolute atomic E-state index is 8.68. The molecule has 0 aliphatic rings. The van der Waals surface area contributed by atoms with Crippen LogP contribution in [-0.4, -0.2) is 10.2 Å². The molecule has 2 aromatic rings. The molecule has 0 saturated carbocycles. The fourth-order valence-electron chi connectivity index (χ4n) is 1.44. The molecule has 0 spiro atoms. The minimum absolute atomic E-state index is 0.670. The topological polar surface area (TPSA) is 61.6 Å². The summed E-state index contributed by atoms with van der Waals surface area (Å²) in [5, 5.41) is 19.7. The number of nitrogens with one attached hydrogen (secondary N) is 1. The highest BCUT2D eigenvalue weighted by Gasteiger charge is 1.97. The molecule has 17 heavy (non-hydrogen) atoms. The monoisotopic (exact) mass is 224 g/mol. The lowest BCUT2D eigenvalue weighted by Gasteiger charge is -2.05. The van der Waals surface area contributed by atoms with Crippen molar-refractivity contribution in [3.05, 3.63) is 53.2 Å². The highest BCUT2D eigenvalue weighted by atomic mass is 15.2. The van der Waals surface area contributed by atoms with Crippen LogP contribution >= 0.6 is 0 Å². The third kappa shape index (κ3) is 3.02. The van der Waals surface area contributed by atoms with Gasteiger partial charge in [0.15, 0.2) is 0 Å². The van der Waals surface area contributed by atoms with Gasteiger partial charge in [0.1, 0.15) is 5.82 Å². The second-order valence-electron chi connectivity index (χ2n) is 3.78. The Hall–Kier alpha value is -2.41. The fourth-order valence-corrected chi connectivity index (χ4v) is 1.44. The van der Waals surface area contributed by atoms with Gasteiger partial charge in [-0.05, 0) is 36.2 Å². The quantitative estimate of drug-likeness (QED) is 0.868. The number of benzene rings is 1. The van der Waals surface area contributed by atoms with Crippen molar-refractivity contribution in [1.82, 2.24) is 10.2 Å². The van der Waals surface area contributed by atoms with E-state index in [1.807, 2.05) is 25.1 Å². The summed E-state index contributed by atoms with van der Waals surface area (Å²) >= 11 is 0. The van der Waals surface area contributed by atoms with Gasteiger partial charge in [-0.1, -0.05) is 12.1 Å². The Morgan fingerprint density at radius 1 is 1.29 bits per heavy atom. The SMILES string of the molecule is Cc1cnnc(NCc2ccc(C#N)cc2)c1. The third-order valence-corrected chi connectivity index (χ3v) is 2.35. The lowest BCUT2D eigenvalue weighted by molar-refractivity contribution is 0.988. The summed E-state index contributed by atoms with van der Waals surface area (Å²) in [6, 6.07) is 11.5. The van der Waals surface area contributed by atoms with Crippen molar-refractivity contribution in [1.29, 1.82) is 5.26 Å². The van der Waals surface area contributed by atoms with Crippen LogP contribution in [0.4, 0.5) is 5.82 Å². The van der Waals surface area contributed by atoms with Gasteiger partial charge in [-0.15, -0.1) is 5.10 Å². The largest absolute Gasteiger partial charge is 0.364 e. The molecule has 1 aromatic heterocycles. The predicted octanol–water partition coefficient (Wildman–Crippen LogP) is 2.27. The van der Waals surface area contributed by atoms with Crippen LogP contribution in [0.5, 0.6) is 0 Å². The van der Waals surface area contributed by atoms with Gasteiger partial charge in [0.25, 0.3) is 0 Å². The van der Waals surface area contributed by atoms with Crippen LogP contribution in [0.2, 0.25) is 0 Å². The van der Waals surface area contributed by atoms with E-state index < -0.39 is 0 Å². The van der Waals surface area contributed by atoms with E-state index in [1.54, 1.807) is 18.3 Å². The van der Waals surface area contributed by atoms with E-state index in [9.17, 15) is 0 Å². The number of nitrogens with zero attached hydrogens (tertiary/aromatic N) is 3. The predicted molar refractivity (Wildman–Crippen MR) is 65.3 cm³/mol. The first-order valence-electron chi connectivity index (χ1n) is 5.30. The number of hydrogen-bond donors (Lipinski definition) is 1. The molecule has 84 valence electrons. The first-order valence-corrected chi connectivity index (χ1v) is 5.30. The molecule has 0 fully saturated rings. The first-order chi connectivity index (χ1) is 8.28. The molecule has 0 radical (unpaired) electrons. The van der Waals surface area contributed by atoms with Crippen LogP contribution < -0.4 is 5.32 Å². The lowest BCUT2D eigenvalue weighted by atomic mass is 10.1. The average Bonchev–Trinajstić information content (AvgIpc) is 2.37. The Balaban J connectivity index is 2.00.